The second kappa shape index (κ2) is 26.5. The Kier molecular flexibility index (Phi) is 22.5. The first-order valence-electron chi connectivity index (χ1n) is 21.2. The zero-order valence-corrected chi connectivity index (χ0v) is 33.8. The van der Waals surface area contributed by atoms with Gasteiger partial charge in [0.2, 0.25) is 0 Å². The highest BCUT2D eigenvalue weighted by Crippen LogP contribution is 2.48. The fourth-order valence-electron chi connectivity index (χ4n) is 7.86. The number of carbonyl (C=O) groups is 2. The molecule has 2 fully saturated rings. The van der Waals surface area contributed by atoms with Crippen molar-refractivity contribution >= 4 is 23.5 Å². The molecule has 0 bridgehead atoms. The van der Waals surface area contributed by atoms with Crippen LogP contribution in [0.2, 0.25) is 0 Å². The highest BCUT2D eigenvalue weighted by atomic mass is 35.5. The summed E-state index contributed by atoms with van der Waals surface area (Å²) in [4.78, 5) is 24.7. The van der Waals surface area contributed by atoms with Crippen LogP contribution in [0.3, 0.4) is 0 Å². The first kappa shape index (κ1) is 45.0. The Morgan fingerprint density at radius 3 is 2.23 bits per heavy atom. The van der Waals surface area contributed by atoms with Crippen LogP contribution in [0, 0.1) is 17.3 Å². The minimum atomic E-state index is -0.472. The van der Waals surface area contributed by atoms with Crippen LogP contribution in [0.15, 0.2) is 48.6 Å². The van der Waals surface area contributed by atoms with Crippen molar-refractivity contribution in [3.63, 3.8) is 0 Å². The Morgan fingerprint density at radius 1 is 0.887 bits per heavy atom. The third-order valence-corrected chi connectivity index (χ3v) is 12.1. The van der Waals surface area contributed by atoms with E-state index in [1.54, 1.807) is 18.2 Å². The smallest absolute Gasteiger partial charge is 0.338 e. The maximum absolute atomic E-state index is 12.5. The fraction of sp³-hybridized carbons (Fsp3) is 0.733. The first-order chi connectivity index (χ1) is 25.8. The van der Waals surface area contributed by atoms with Gasteiger partial charge in [-0.25, -0.2) is 4.79 Å². The summed E-state index contributed by atoms with van der Waals surface area (Å²) in [6.45, 7) is 5.06. The van der Waals surface area contributed by atoms with Crippen LogP contribution in [0.5, 0.6) is 5.75 Å². The summed E-state index contributed by atoms with van der Waals surface area (Å²) in [6.07, 6.45) is 31.0. The number of esters is 2. The number of hydrogen-bond acceptors (Lipinski definition) is 7. The van der Waals surface area contributed by atoms with Gasteiger partial charge < -0.3 is 24.4 Å². The predicted octanol–water partition coefficient (Wildman–Crippen LogP) is 11.1. The lowest BCUT2D eigenvalue weighted by atomic mass is 9.63. The lowest BCUT2D eigenvalue weighted by Gasteiger charge is -2.45. The van der Waals surface area contributed by atoms with Gasteiger partial charge in [-0.15, -0.1) is 11.6 Å². The number of halogens is 1. The summed E-state index contributed by atoms with van der Waals surface area (Å²) in [5.41, 5.74) is 0.488. The number of alkyl halides is 1. The number of benzene rings is 1. The van der Waals surface area contributed by atoms with Gasteiger partial charge in [0.05, 0.1) is 24.4 Å². The van der Waals surface area contributed by atoms with Crippen LogP contribution < -0.4 is 4.74 Å². The van der Waals surface area contributed by atoms with Gasteiger partial charge in [0.15, 0.2) is 0 Å². The Hall–Kier alpha value is -2.35. The van der Waals surface area contributed by atoms with Crippen molar-refractivity contribution in [2.45, 2.75) is 173 Å². The quantitative estimate of drug-likeness (QED) is 0.0363. The molecule has 3 rings (SSSR count). The highest BCUT2D eigenvalue weighted by molar-refractivity contribution is 6.21. The summed E-state index contributed by atoms with van der Waals surface area (Å²) in [5.74, 6) is -0.0232. The van der Waals surface area contributed by atoms with E-state index in [1.807, 2.05) is 12.1 Å². The summed E-state index contributed by atoms with van der Waals surface area (Å²) in [5, 5.41) is 21.3. The monoisotopic (exact) mass is 758 g/mol. The summed E-state index contributed by atoms with van der Waals surface area (Å²) < 4.78 is 16.5. The molecule has 2 aliphatic carbocycles. The molecule has 53 heavy (non-hydrogen) atoms. The van der Waals surface area contributed by atoms with E-state index in [2.05, 4.69) is 32.1 Å². The van der Waals surface area contributed by atoms with Crippen LogP contribution in [-0.2, 0) is 14.3 Å². The number of allylic oxidation sites excluding steroid dienone is 2. The summed E-state index contributed by atoms with van der Waals surface area (Å²) in [7, 11) is 0. The Morgan fingerprint density at radius 2 is 1.57 bits per heavy atom. The van der Waals surface area contributed by atoms with Crippen LogP contribution in [0.25, 0.3) is 0 Å². The number of ether oxygens (including phenoxy) is 3. The van der Waals surface area contributed by atoms with Gasteiger partial charge in [0.25, 0.3) is 0 Å². The standard InChI is InChI=1S/C45H71ClO7/c1-3-5-6-7-8-9-10-11-12-13-16-19-31-51-37-24-20-23-36(34-37)44(50)53-33-32-52-43(49)28-18-15-14-17-25-38-39(41(47)35-40(38)46)26-21-27-42(48)45(4-2)29-22-30-45/h14,17,20-21,23-24,26,34,38-42,47-48H,3-13,15-16,18-19,22,25,27-33,35H2,1-2H3/b17-14-,26-21+/t38-,39-,40-,41-,42+/m1/s1. The van der Waals surface area contributed by atoms with Crippen molar-refractivity contribution in [3.8, 4) is 5.75 Å². The van der Waals surface area contributed by atoms with Crippen molar-refractivity contribution < 1.29 is 34.0 Å². The van der Waals surface area contributed by atoms with Crippen molar-refractivity contribution in [1.29, 1.82) is 0 Å². The van der Waals surface area contributed by atoms with Gasteiger partial charge in [-0.3, -0.25) is 4.79 Å². The molecule has 0 saturated heterocycles. The number of rotatable bonds is 29. The number of aliphatic hydroxyl groups is 2. The molecule has 1 aromatic rings. The average molecular weight is 760 g/mol. The van der Waals surface area contributed by atoms with Gasteiger partial charge >= 0.3 is 11.9 Å². The first-order valence-corrected chi connectivity index (χ1v) is 21.6. The maximum Gasteiger partial charge on any atom is 0.338 e. The van der Waals surface area contributed by atoms with Gasteiger partial charge in [-0.2, -0.15) is 0 Å². The molecule has 8 heteroatoms. The third kappa shape index (κ3) is 16.9. The molecule has 0 aromatic heterocycles. The van der Waals surface area contributed by atoms with E-state index in [4.69, 9.17) is 25.8 Å². The maximum atomic E-state index is 12.5. The molecular formula is C45H71ClO7. The number of carbonyl (C=O) groups excluding carboxylic acids is 2. The van der Waals surface area contributed by atoms with Gasteiger partial charge in [0, 0.05) is 17.7 Å². The van der Waals surface area contributed by atoms with Crippen molar-refractivity contribution in [2.24, 2.45) is 17.3 Å². The molecule has 2 saturated carbocycles. The topological polar surface area (TPSA) is 102 Å². The number of unbranched alkanes of at least 4 members (excludes halogenated alkanes) is 12. The molecule has 0 radical (unpaired) electrons. The Labute approximate surface area is 326 Å². The van der Waals surface area contributed by atoms with E-state index < -0.39 is 12.1 Å². The van der Waals surface area contributed by atoms with Gasteiger partial charge in [-0.05, 0) is 87.3 Å². The molecule has 2 aliphatic rings. The Bertz CT molecular complexity index is 1210. The summed E-state index contributed by atoms with van der Waals surface area (Å²) >= 11 is 6.62. The molecule has 0 amide bonds. The molecule has 7 nitrogen and oxygen atoms in total. The van der Waals surface area contributed by atoms with Gasteiger partial charge in [-0.1, -0.05) is 121 Å². The van der Waals surface area contributed by atoms with E-state index in [0.717, 1.165) is 44.9 Å². The molecule has 0 heterocycles. The molecule has 0 spiro atoms. The largest absolute Gasteiger partial charge is 0.494 e. The number of aliphatic hydroxyl groups excluding tert-OH is 2. The van der Waals surface area contributed by atoms with E-state index in [9.17, 15) is 19.8 Å². The van der Waals surface area contributed by atoms with Crippen LogP contribution >= 0.6 is 11.6 Å². The third-order valence-electron chi connectivity index (χ3n) is 11.6. The predicted molar refractivity (Wildman–Crippen MR) is 215 cm³/mol. The molecule has 0 unspecified atom stereocenters. The molecule has 1 aromatic carbocycles. The van der Waals surface area contributed by atoms with Crippen molar-refractivity contribution in [1.82, 2.24) is 0 Å². The minimum Gasteiger partial charge on any atom is -0.494 e. The normalized spacial score (nSPS) is 21.5. The van der Waals surface area contributed by atoms with Crippen LogP contribution in [0.4, 0.5) is 0 Å². The second-order valence-electron chi connectivity index (χ2n) is 15.5. The molecule has 300 valence electrons. The molecule has 5 atom stereocenters. The van der Waals surface area contributed by atoms with Crippen LogP contribution in [0.1, 0.15) is 165 Å². The van der Waals surface area contributed by atoms with E-state index in [1.165, 1.54) is 70.6 Å². The molecule has 0 aliphatic heterocycles. The zero-order chi connectivity index (χ0) is 38.2. The summed E-state index contributed by atoms with van der Waals surface area (Å²) in [6, 6.07) is 7.03. The second-order valence-corrected chi connectivity index (χ2v) is 16.1. The van der Waals surface area contributed by atoms with Crippen molar-refractivity contribution in [2.75, 3.05) is 19.8 Å². The van der Waals surface area contributed by atoms with E-state index in [0.29, 0.717) is 37.2 Å². The Balaban J connectivity index is 1.20. The SMILES string of the molecule is CCCCCCCCCCCCCCOc1cccc(C(=O)OCCOC(=O)CCC/C=C\C[C@@H]2[C@@H](/C=C/C[C@H](O)C3(CC)CCC3)[C@H](O)C[C@H]2Cl)c1. The van der Waals surface area contributed by atoms with E-state index in [-0.39, 0.29) is 54.3 Å². The van der Waals surface area contributed by atoms with Gasteiger partial charge in [0.1, 0.15) is 19.0 Å². The van der Waals surface area contributed by atoms with E-state index >= 15 is 0 Å². The number of hydrogen-bond donors (Lipinski definition) is 2. The molecule has 2 N–H and O–H groups in total. The molecular weight excluding hydrogens is 688 g/mol. The fourth-order valence-corrected chi connectivity index (χ4v) is 8.31. The average Bonchev–Trinajstić information content (AvgIpc) is 3.40. The van der Waals surface area contributed by atoms with Crippen LogP contribution in [-0.4, -0.2) is 59.6 Å². The van der Waals surface area contributed by atoms with Crippen molar-refractivity contribution in [3.05, 3.63) is 54.1 Å². The highest BCUT2D eigenvalue weighted by Gasteiger charge is 2.42. The minimum absolute atomic E-state index is 0.00466. The lowest BCUT2D eigenvalue weighted by molar-refractivity contribution is -0.144. The lowest BCUT2D eigenvalue weighted by Crippen LogP contribution is -2.40. The zero-order valence-electron chi connectivity index (χ0n) is 33.0.